The lowest BCUT2D eigenvalue weighted by atomic mass is 10.2. The highest BCUT2D eigenvalue weighted by atomic mass is 16.3. The van der Waals surface area contributed by atoms with E-state index in [1.807, 2.05) is 0 Å². The zero-order valence-electron chi connectivity index (χ0n) is 9.32. The Bertz CT molecular complexity index is 180. The summed E-state index contributed by atoms with van der Waals surface area (Å²) >= 11 is 0. The highest BCUT2D eigenvalue weighted by molar-refractivity contribution is 4.89. The van der Waals surface area contributed by atoms with Crippen LogP contribution in [0.1, 0.15) is 19.3 Å². The number of nitrogens with zero attached hydrogens (tertiary/aromatic N) is 2. The van der Waals surface area contributed by atoms with Gasteiger partial charge in [0.2, 0.25) is 0 Å². The molecule has 2 fully saturated rings. The van der Waals surface area contributed by atoms with Crippen LogP contribution >= 0.6 is 0 Å². The van der Waals surface area contributed by atoms with Gasteiger partial charge in [-0.05, 0) is 39.3 Å². The number of β-amino-alcohol motifs (C(OH)–C–C–N with tert-alkyl or cyclic N) is 1. The second kappa shape index (κ2) is 4.17. The highest BCUT2D eigenvalue weighted by Gasteiger charge is 2.34. The van der Waals surface area contributed by atoms with E-state index in [1.165, 1.54) is 19.4 Å². The fraction of sp³-hybridized carbons (Fsp3) is 1.00. The maximum Gasteiger partial charge on any atom is 0.0682 e. The van der Waals surface area contributed by atoms with Crippen LogP contribution in [-0.2, 0) is 0 Å². The number of likely N-dealkylation sites (tertiary alicyclic amines) is 1. The van der Waals surface area contributed by atoms with Crippen LogP contribution in [-0.4, -0.2) is 60.8 Å². The molecule has 0 bridgehead atoms. The van der Waals surface area contributed by atoms with Crippen molar-refractivity contribution < 1.29 is 5.11 Å². The van der Waals surface area contributed by atoms with Gasteiger partial charge >= 0.3 is 0 Å². The minimum absolute atomic E-state index is 0.0845. The lowest BCUT2D eigenvalue weighted by Gasteiger charge is -2.26. The number of aliphatic hydroxyl groups is 1. The summed E-state index contributed by atoms with van der Waals surface area (Å²) in [6.45, 7) is 3.20. The van der Waals surface area contributed by atoms with Crippen LogP contribution in [0.15, 0.2) is 0 Å². The Morgan fingerprint density at radius 3 is 2.64 bits per heavy atom. The Morgan fingerprint density at radius 2 is 2.07 bits per heavy atom. The van der Waals surface area contributed by atoms with Crippen molar-refractivity contribution in [3.8, 4) is 0 Å². The van der Waals surface area contributed by atoms with Crippen LogP contribution in [0.5, 0.6) is 0 Å². The van der Waals surface area contributed by atoms with Gasteiger partial charge in [0.25, 0.3) is 0 Å². The molecule has 1 aliphatic heterocycles. The van der Waals surface area contributed by atoms with E-state index in [4.69, 9.17) is 0 Å². The first-order valence-electron chi connectivity index (χ1n) is 5.72. The van der Waals surface area contributed by atoms with E-state index in [0.29, 0.717) is 6.04 Å². The summed E-state index contributed by atoms with van der Waals surface area (Å²) in [4.78, 5) is 4.71. The SMILES string of the molecule is CN(C)CC1CC(O)CN1CC1CC1. The fourth-order valence-electron chi connectivity index (χ4n) is 2.42. The second-order valence-corrected chi connectivity index (χ2v) is 5.20. The van der Waals surface area contributed by atoms with Crippen LogP contribution in [0.3, 0.4) is 0 Å². The summed E-state index contributed by atoms with van der Waals surface area (Å²) in [6.07, 6.45) is 3.69. The minimum atomic E-state index is -0.0845. The van der Waals surface area contributed by atoms with Gasteiger partial charge in [-0.25, -0.2) is 0 Å². The minimum Gasteiger partial charge on any atom is -0.392 e. The Kier molecular flexibility index (Phi) is 3.10. The smallest absolute Gasteiger partial charge is 0.0682 e. The van der Waals surface area contributed by atoms with Gasteiger partial charge in [0, 0.05) is 25.7 Å². The van der Waals surface area contributed by atoms with E-state index in [1.54, 1.807) is 0 Å². The highest BCUT2D eigenvalue weighted by Crippen LogP contribution is 2.32. The Morgan fingerprint density at radius 1 is 1.36 bits per heavy atom. The van der Waals surface area contributed by atoms with Crippen LogP contribution < -0.4 is 0 Å². The number of hydrogen-bond donors (Lipinski definition) is 1. The topological polar surface area (TPSA) is 26.7 Å². The molecule has 82 valence electrons. The third-order valence-electron chi connectivity index (χ3n) is 3.27. The van der Waals surface area contributed by atoms with Gasteiger partial charge in [-0.15, -0.1) is 0 Å². The fourth-order valence-corrected chi connectivity index (χ4v) is 2.42. The van der Waals surface area contributed by atoms with Gasteiger partial charge in [0.15, 0.2) is 0 Å². The van der Waals surface area contributed by atoms with Gasteiger partial charge in [0.05, 0.1) is 6.10 Å². The van der Waals surface area contributed by atoms with Crippen molar-refractivity contribution in [1.82, 2.24) is 9.80 Å². The van der Waals surface area contributed by atoms with Crippen molar-refractivity contribution >= 4 is 0 Å². The molecular formula is C11H22N2O. The molecule has 1 aliphatic carbocycles. The first-order valence-corrected chi connectivity index (χ1v) is 5.72. The van der Waals surface area contributed by atoms with E-state index in [2.05, 4.69) is 23.9 Å². The molecule has 0 aromatic heterocycles. The van der Waals surface area contributed by atoms with E-state index in [-0.39, 0.29) is 6.10 Å². The predicted molar refractivity (Wildman–Crippen MR) is 57.3 cm³/mol. The van der Waals surface area contributed by atoms with Gasteiger partial charge in [-0.1, -0.05) is 0 Å². The van der Waals surface area contributed by atoms with Crippen molar-refractivity contribution in [2.24, 2.45) is 5.92 Å². The lowest BCUT2D eigenvalue weighted by Crippen LogP contribution is -2.38. The summed E-state index contributed by atoms with van der Waals surface area (Å²) in [7, 11) is 4.22. The van der Waals surface area contributed by atoms with Crippen LogP contribution in [0.25, 0.3) is 0 Å². The monoisotopic (exact) mass is 198 g/mol. The van der Waals surface area contributed by atoms with Gasteiger partial charge < -0.3 is 10.0 Å². The van der Waals surface area contributed by atoms with Crippen LogP contribution in [0, 0.1) is 5.92 Å². The molecule has 1 heterocycles. The van der Waals surface area contributed by atoms with E-state index >= 15 is 0 Å². The molecule has 2 rings (SSSR count). The maximum absolute atomic E-state index is 9.66. The predicted octanol–water partition coefficient (Wildman–Crippen LogP) is 0.393. The Hall–Kier alpha value is -0.120. The average molecular weight is 198 g/mol. The van der Waals surface area contributed by atoms with Crippen molar-refractivity contribution in [3.05, 3.63) is 0 Å². The molecule has 14 heavy (non-hydrogen) atoms. The van der Waals surface area contributed by atoms with Crippen molar-refractivity contribution in [3.63, 3.8) is 0 Å². The standard InChI is InChI=1S/C11H22N2O/c1-12(2)7-10-5-11(14)8-13(10)6-9-3-4-9/h9-11,14H,3-8H2,1-2H3. The number of likely N-dealkylation sites (N-methyl/N-ethyl adjacent to an activating group) is 1. The molecule has 0 spiro atoms. The summed E-state index contributed by atoms with van der Waals surface area (Å²) in [5, 5.41) is 9.66. The van der Waals surface area contributed by atoms with E-state index in [0.717, 1.165) is 25.4 Å². The lowest BCUT2D eigenvalue weighted by molar-refractivity contribution is 0.170. The Balaban J connectivity index is 1.84. The molecule has 1 saturated heterocycles. The van der Waals surface area contributed by atoms with E-state index < -0.39 is 0 Å². The molecule has 0 aromatic rings. The Labute approximate surface area is 86.7 Å². The molecule has 2 aliphatic rings. The van der Waals surface area contributed by atoms with Crippen molar-refractivity contribution in [2.75, 3.05) is 33.7 Å². The molecular weight excluding hydrogens is 176 g/mol. The van der Waals surface area contributed by atoms with Crippen molar-refractivity contribution in [2.45, 2.75) is 31.4 Å². The van der Waals surface area contributed by atoms with Gasteiger partial charge in [-0.3, -0.25) is 4.90 Å². The zero-order chi connectivity index (χ0) is 10.1. The van der Waals surface area contributed by atoms with Crippen LogP contribution in [0.2, 0.25) is 0 Å². The second-order valence-electron chi connectivity index (χ2n) is 5.20. The number of rotatable bonds is 4. The molecule has 2 atom stereocenters. The third-order valence-corrected chi connectivity index (χ3v) is 3.27. The summed E-state index contributed by atoms with van der Waals surface area (Å²) < 4.78 is 0. The maximum atomic E-state index is 9.66. The number of aliphatic hydroxyl groups excluding tert-OH is 1. The molecule has 2 unspecified atom stereocenters. The zero-order valence-corrected chi connectivity index (χ0v) is 9.32. The molecule has 1 saturated carbocycles. The normalized spacial score (nSPS) is 34.3. The van der Waals surface area contributed by atoms with Gasteiger partial charge in [0.1, 0.15) is 0 Å². The first-order chi connectivity index (χ1) is 6.65. The largest absolute Gasteiger partial charge is 0.392 e. The first kappa shape index (κ1) is 10.4. The quantitative estimate of drug-likeness (QED) is 0.708. The molecule has 0 radical (unpaired) electrons. The van der Waals surface area contributed by atoms with E-state index in [9.17, 15) is 5.11 Å². The summed E-state index contributed by atoms with van der Waals surface area (Å²) in [5.74, 6) is 0.935. The average Bonchev–Trinajstić information content (AvgIpc) is 2.79. The van der Waals surface area contributed by atoms with Crippen LogP contribution in [0.4, 0.5) is 0 Å². The molecule has 0 aromatic carbocycles. The van der Waals surface area contributed by atoms with Crippen molar-refractivity contribution in [1.29, 1.82) is 0 Å². The summed E-state index contributed by atoms with van der Waals surface area (Å²) in [5.41, 5.74) is 0. The molecule has 3 nitrogen and oxygen atoms in total. The summed E-state index contributed by atoms with van der Waals surface area (Å²) in [6, 6.07) is 0.584. The molecule has 3 heteroatoms. The molecule has 0 amide bonds. The number of hydrogen-bond acceptors (Lipinski definition) is 3. The third kappa shape index (κ3) is 2.69. The van der Waals surface area contributed by atoms with Gasteiger partial charge in [-0.2, -0.15) is 0 Å². The molecule has 1 N–H and O–H groups in total.